The Bertz CT molecular complexity index is 435. The van der Waals surface area contributed by atoms with E-state index in [1.165, 1.54) is 24.3 Å². The molecule has 4 nitrogen and oxygen atoms in total. The molecule has 0 amide bonds. The van der Waals surface area contributed by atoms with Gasteiger partial charge in [-0.2, -0.15) is 0 Å². The molecule has 0 spiro atoms. The molecular weight excluding hydrogens is 284 g/mol. The third-order valence-electron chi connectivity index (χ3n) is 4.63. The molecule has 1 heterocycles. The Labute approximate surface area is 142 Å². The lowest BCUT2D eigenvalue weighted by Crippen LogP contribution is -2.46. The third-order valence-corrected chi connectivity index (χ3v) is 4.63. The molecule has 0 aliphatic carbocycles. The highest BCUT2D eigenvalue weighted by Gasteiger charge is 2.15. The Balaban J connectivity index is 1.74. The van der Waals surface area contributed by atoms with E-state index >= 15 is 0 Å². The predicted molar refractivity (Wildman–Crippen MR) is 99.9 cm³/mol. The Kier molecular flexibility index (Phi) is 7.34. The minimum absolute atomic E-state index is 0.254. The molecule has 3 N–H and O–H groups in total. The second-order valence-corrected chi connectivity index (χ2v) is 7.11. The van der Waals surface area contributed by atoms with Crippen LogP contribution in [0, 0.1) is 5.92 Å². The third kappa shape index (κ3) is 6.13. The van der Waals surface area contributed by atoms with Crippen molar-refractivity contribution >= 4 is 5.69 Å². The molecule has 1 aliphatic rings. The smallest absolute Gasteiger partial charge is 0.0367 e. The normalized spacial score (nSPS) is 17.7. The monoisotopic (exact) mass is 318 g/mol. The zero-order valence-corrected chi connectivity index (χ0v) is 15.1. The summed E-state index contributed by atoms with van der Waals surface area (Å²) in [5.74, 6) is 0.666. The van der Waals surface area contributed by atoms with Crippen LogP contribution in [0.25, 0.3) is 0 Å². The molecule has 23 heavy (non-hydrogen) atoms. The van der Waals surface area contributed by atoms with E-state index < -0.39 is 0 Å². The Hall–Kier alpha value is -1.10. The molecule has 0 aromatic heterocycles. The second-order valence-electron chi connectivity index (χ2n) is 7.11. The molecule has 1 aromatic carbocycles. The highest BCUT2D eigenvalue weighted by Crippen LogP contribution is 2.17. The van der Waals surface area contributed by atoms with Crippen LogP contribution in [0.1, 0.15) is 32.8 Å². The Morgan fingerprint density at radius 2 is 1.74 bits per heavy atom. The minimum atomic E-state index is 0.254. The van der Waals surface area contributed by atoms with E-state index in [-0.39, 0.29) is 6.04 Å². The van der Waals surface area contributed by atoms with E-state index in [0.717, 1.165) is 39.1 Å². The van der Waals surface area contributed by atoms with Gasteiger partial charge in [0.05, 0.1) is 0 Å². The predicted octanol–water partition coefficient (Wildman–Crippen LogP) is 2.29. The summed E-state index contributed by atoms with van der Waals surface area (Å²) in [4.78, 5) is 5.00. The van der Waals surface area contributed by atoms with Gasteiger partial charge in [0.15, 0.2) is 0 Å². The molecule has 1 aromatic rings. The summed E-state index contributed by atoms with van der Waals surface area (Å²) in [6.07, 6.45) is 1.08. The number of likely N-dealkylation sites (N-methyl/N-ethyl adjacent to an activating group) is 1. The van der Waals surface area contributed by atoms with Crippen molar-refractivity contribution in [2.75, 3.05) is 44.2 Å². The fourth-order valence-corrected chi connectivity index (χ4v) is 3.24. The summed E-state index contributed by atoms with van der Waals surface area (Å²) in [6, 6.07) is 9.24. The fourth-order valence-electron chi connectivity index (χ4n) is 3.24. The minimum Gasteiger partial charge on any atom is -0.369 e. The van der Waals surface area contributed by atoms with Gasteiger partial charge < -0.3 is 20.9 Å². The van der Waals surface area contributed by atoms with Crippen LogP contribution in [0.3, 0.4) is 0 Å². The second kappa shape index (κ2) is 9.26. The Morgan fingerprint density at radius 3 is 2.30 bits per heavy atom. The Morgan fingerprint density at radius 1 is 1.09 bits per heavy atom. The quantitative estimate of drug-likeness (QED) is 0.772. The molecule has 130 valence electrons. The first kappa shape index (κ1) is 18.2. The van der Waals surface area contributed by atoms with E-state index in [0.29, 0.717) is 5.92 Å². The number of nitrogens with one attached hydrogen (secondary N) is 1. The molecule has 1 fully saturated rings. The number of hydrogen-bond donors (Lipinski definition) is 2. The van der Waals surface area contributed by atoms with Crippen LogP contribution in [0.5, 0.6) is 0 Å². The zero-order chi connectivity index (χ0) is 16.7. The first-order valence-corrected chi connectivity index (χ1v) is 9.11. The van der Waals surface area contributed by atoms with Crippen molar-refractivity contribution in [2.45, 2.75) is 39.8 Å². The van der Waals surface area contributed by atoms with E-state index in [1.807, 2.05) is 0 Å². The van der Waals surface area contributed by atoms with Crippen LogP contribution in [0.4, 0.5) is 5.69 Å². The van der Waals surface area contributed by atoms with Gasteiger partial charge in [-0.05, 0) is 36.6 Å². The summed E-state index contributed by atoms with van der Waals surface area (Å²) in [5, 5.41) is 3.47. The van der Waals surface area contributed by atoms with Gasteiger partial charge in [-0.3, -0.25) is 0 Å². The largest absolute Gasteiger partial charge is 0.369 e. The summed E-state index contributed by atoms with van der Waals surface area (Å²) in [5.41, 5.74) is 8.79. The SMILES string of the molecule is CCN1CCN(c2ccc(CNCC(N)CC(C)C)cc2)CC1. The van der Waals surface area contributed by atoms with Gasteiger partial charge in [0.2, 0.25) is 0 Å². The van der Waals surface area contributed by atoms with Crippen molar-refractivity contribution in [3.63, 3.8) is 0 Å². The molecule has 0 radical (unpaired) electrons. The number of hydrogen-bond acceptors (Lipinski definition) is 4. The molecule has 0 bridgehead atoms. The number of benzene rings is 1. The maximum atomic E-state index is 6.11. The van der Waals surface area contributed by atoms with Gasteiger partial charge in [0.1, 0.15) is 0 Å². The molecule has 0 saturated carbocycles. The van der Waals surface area contributed by atoms with Crippen molar-refractivity contribution in [3.05, 3.63) is 29.8 Å². The average molecular weight is 319 g/mol. The zero-order valence-electron chi connectivity index (χ0n) is 15.1. The lowest BCUT2D eigenvalue weighted by molar-refractivity contribution is 0.271. The topological polar surface area (TPSA) is 44.5 Å². The number of anilines is 1. The molecule has 1 atom stereocenters. The summed E-state index contributed by atoms with van der Waals surface area (Å²) >= 11 is 0. The van der Waals surface area contributed by atoms with Crippen molar-refractivity contribution in [2.24, 2.45) is 11.7 Å². The van der Waals surface area contributed by atoms with Crippen LogP contribution >= 0.6 is 0 Å². The highest BCUT2D eigenvalue weighted by atomic mass is 15.3. The van der Waals surface area contributed by atoms with Crippen molar-refractivity contribution < 1.29 is 0 Å². The molecular formula is C19H34N4. The van der Waals surface area contributed by atoms with Gasteiger partial charge >= 0.3 is 0 Å². The van der Waals surface area contributed by atoms with Crippen molar-refractivity contribution in [1.82, 2.24) is 10.2 Å². The number of nitrogens with zero attached hydrogens (tertiary/aromatic N) is 2. The molecule has 4 heteroatoms. The lowest BCUT2D eigenvalue weighted by Gasteiger charge is -2.35. The summed E-state index contributed by atoms with van der Waals surface area (Å²) in [7, 11) is 0. The van der Waals surface area contributed by atoms with E-state index in [9.17, 15) is 0 Å². The van der Waals surface area contributed by atoms with Crippen molar-refractivity contribution in [1.29, 1.82) is 0 Å². The number of nitrogens with two attached hydrogens (primary N) is 1. The van der Waals surface area contributed by atoms with Gasteiger partial charge in [-0.15, -0.1) is 0 Å². The fraction of sp³-hybridized carbons (Fsp3) is 0.684. The lowest BCUT2D eigenvalue weighted by atomic mass is 10.0. The first-order valence-electron chi connectivity index (χ1n) is 9.11. The van der Waals surface area contributed by atoms with Crippen LogP contribution in [0.15, 0.2) is 24.3 Å². The van der Waals surface area contributed by atoms with Gasteiger partial charge in [-0.25, -0.2) is 0 Å². The van der Waals surface area contributed by atoms with Crippen LogP contribution in [-0.4, -0.2) is 50.2 Å². The maximum Gasteiger partial charge on any atom is 0.0367 e. The number of piperazine rings is 1. The summed E-state index contributed by atoms with van der Waals surface area (Å²) < 4.78 is 0. The highest BCUT2D eigenvalue weighted by molar-refractivity contribution is 5.48. The van der Waals surface area contributed by atoms with Crippen LogP contribution in [0.2, 0.25) is 0 Å². The van der Waals surface area contributed by atoms with Crippen LogP contribution in [-0.2, 0) is 6.54 Å². The molecule has 2 rings (SSSR count). The standard InChI is InChI=1S/C19H34N4/c1-4-22-9-11-23(12-10-22)19-7-5-17(6-8-19)14-21-15-18(20)13-16(2)3/h5-8,16,18,21H,4,9-15,20H2,1-3H3. The first-order chi connectivity index (χ1) is 11.1. The molecule has 1 unspecified atom stereocenters. The van der Waals surface area contributed by atoms with E-state index in [2.05, 4.69) is 60.2 Å². The van der Waals surface area contributed by atoms with Crippen molar-refractivity contribution in [3.8, 4) is 0 Å². The van der Waals surface area contributed by atoms with Crippen LogP contribution < -0.4 is 16.0 Å². The molecule has 1 saturated heterocycles. The number of rotatable bonds is 8. The molecule has 1 aliphatic heterocycles. The maximum absolute atomic E-state index is 6.11. The van der Waals surface area contributed by atoms with Gasteiger partial charge in [0, 0.05) is 51.0 Å². The van der Waals surface area contributed by atoms with E-state index in [1.54, 1.807) is 0 Å². The van der Waals surface area contributed by atoms with Gasteiger partial charge in [-0.1, -0.05) is 32.9 Å². The van der Waals surface area contributed by atoms with E-state index in [4.69, 9.17) is 5.73 Å². The average Bonchev–Trinajstić information content (AvgIpc) is 2.55. The summed E-state index contributed by atoms with van der Waals surface area (Å²) in [6.45, 7) is 14.3. The van der Waals surface area contributed by atoms with Gasteiger partial charge in [0.25, 0.3) is 0 Å².